The van der Waals surface area contributed by atoms with Gasteiger partial charge in [0.2, 0.25) is 6.71 Å². The van der Waals surface area contributed by atoms with Crippen molar-refractivity contribution in [3.8, 4) is 66.8 Å². The van der Waals surface area contributed by atoms with E-state index in [9.17, 15) is 0 Å². The van der Waals surface area contributed by atoms with Crippen LogP contribution in [0.3, 0.4) is 0 Å². The topological polar surface area (TPSA) is 45.7 Å². The van der Waals surface area contributed by atoms with Crippen LogP contribution < -0.4 is 50.7 Å². The fourth-order valence-electron chi connectivity index (χ4n) is 28.1. The molecule has 0 amide bonds. The molecule has 17 heterocycles. The Balaban J connectivity index is 0.0000000780. The molecule has 0 N–H and O–H groups in total. The van der Waals surface area contributed by atoms with Crippen LogP contribution in [0.25, 0.3) is 151 Å². The molecule has 0 unspecified atom stereocenters. The molecule has 8 nitrogen and oxygen atoms in total. The molecule has 0 radical (unpaired) electrons. The lowest BCUT2D eigenvalue weighted by molar-refractivity contribution is 0.669. The van der Waals surface area contributed by atoms with Gasteiger partial charge in [-0.05, 0) is 184 Å². The summed E-state index contributed by atoms with van der Waals surface area (Å²) in [7, 11) is 0.394. The van der Waals surface area contributed by atoms with Crippen LogP contribution in [0.1, 0.15) is 85.8 Å². The van der Waals surface area contributed by atoms with Crippen molar-refractivity contribution in [2.45, 2.75) is 50.1 Å². The minimum Gasteiger partial charge on any atom is -0.456 e. The van der Waals surface area contributed by atoms with Crippen LogP contribution in [0.15, 0.2) is 409 Å². The summed E-state index contributed by atoms with van der Waals surface area (Å²) >= 11 is 3.84. The molecule has 24 aromatic rings. The lowest BCUT2D eigenvalue weighted by atomic mass is 9.39. The van der Waals surface area contributed by atoms with E-state index < -0.39 is 8.07 Å². The summed E-state index contributed by atoms with van der Waals surface area (Å²) in [6.45, 7) is 7.80. The van der Waals surface area contributed by atoms with E-state index in [-0.39, 0.29) is 30.2 Å². The first-order valence-corrected chi connectivity index (χ1v) is 54.1. The number of furan rings is 2. The Bertz CT molecular complexity index is 8590. The van der Waals surface area contributed by atoms with Gasteiger partial charge in [0.25, 0.3) is 0 Å². The maximum absolute atomic E-state index is 6.22. The predicted octanol–water partition coefficient (Wildman–Crippen LogP) is 32.5. The van der Waals surface area contributed by atoms with Gasteiger partial charge in [-0.3, -0.25) is 0 Å². The zero-order chi connectivity index (χ0) is 92.1. The Hall–Kier alpha value is -16.5. The summed E-state index contributed by atoms with van der Waals surface area (Å²) in [5, 5.41) is 13.8. The van der Waals surface area contributed by atoms with Crippen LogP contribution in [-0.4, -0.2) is 21.8 Å². The van der Waals surface area contributed by atoms with E-state index in [1.807, 2.05) is 22.7 Å². The van der Waals surface area contributed by atoms with Crippen LogP contribution in [0.4, 0.5) is 68.2 Å². The smallest absolute Gasteiger partial charge is 0.211 e. The molecule has 660 valence electrons. The number of thiophene rings is 2. The predicted molar refractivity (Wildman–Crippen MR) is 593 cm³/mol. The highest BCUT2D eigenvalue weighted by molar-refractivity contribution is 7.26. The first-order chi connectivity index (χ1) is 69.7. The van der Waals surface area contributed by atoms with Gasteiger partial charge in [-0.25, -0.2) is 0 Å². The first-order valence-electron chi connectivity index (χ1n) is 49.5. The summed E-state index contributed by atoms with van der Waals surface area (Å²) in [4.78, 5) is 15.3. The minimum atomic E-state index is -1.80. The van der Waals surface area contributed by atoms with E-state index in [1.165, 1.54) is 263 Å². The highest BCUT2D eigenvalue weighted by atomic mass is 32.1. The van der Waals surface area contributed by atoms with Crippen molar-refractivity contribution in [3.63, 3.8) is 0 Å². The highest BCUT2D eigenvalue weighted by Crippen LogP contribution is 2.68. The maximum atomic E-state index is 6.22. The summed E-state index contributed by atoms with van der Waals surface area (Å²) in [5.74, 6) is 0. The SMILES string of the molecule is CB1c2cccc3c2N2c4c1cccc4-c1ccccc1C2c1ccccc1-3.CN1c2cccc3c2N2c4c(cccc41)-c1ccccc1C2c1ccccc1-3.C[Si]1(C)c2cccc3c2N2c4c(cccc41)-c1ccccc1C2c1ccccc1-3.c1cc2c3c(c1)oc1cccc(c13)N1c3cccc4oc5cccc(c5c34)C21.c1cc2c3c(c1)sc1cccc(c13)N1c3cccc4sc5cccc(c5c34)C21. The molecule has 0 bridgehead atoms. The molecule has 37 rings (SSSR count). The molecule has 0 saturated carbocycles. The number of para-hydroxylation sites is 6. The van der Waals surface area contributed by atoms with Gasteiger partial charge < -0.3 is 38.2 Å². The van der Waals surface area contributed by atoms with Gasteiger partial charge in [0.05, 0.1) is 86.5 Å². The average molecular weight is 1850 g/mol. The number of benzene rings is 20. The molecule has 4 aromatic heterocycles. The normalized spacial score (nSPS) is 15.3. The van der Waals surface area contributed by atoms with E-state index in [2.05, 4.69) is 457 Å². The van der Waals surface area contributed by atoms with Crippen molar-refractivity contribution < 1.29 is 8.83 Å². The Morgan fingerprint density at radius 1 is 0.213 bits per heavy atom. The molecule has 141 heavy (non-hydrogen) atoms. The quantitative estimate of drug-likeness (QED) is 0.139. The summed E-state index contributed by atoms with van der Waals surface area (Å²) in [5.41, 5.74) is 53.2. The van der Waals surface area contributed by atoms with Crippen LogP contribution >= 0.6 is 22.7 Å². The van der Waals surface area contributed by atoms with Gasteiger partial charge in [0, 0.05) is 114 Å². The largest absolute Gasteiger partial charge is 0.456 e. The Morgan fingerprint density at radius 3 is 0.830 bits per heavy atom. The Kier molecular flexibility index (Phi) is 15.4. The van der Waals surface area contributed by atoms with E-state index in [0.717, 1.165) is 22.3 Å². The fraction of sp³-hybridized carbons (Fsp3) is 0.0698. The number of hydrogen-bond donors (Lipinski definition) is 0. The third-order valence-corrected chi connectivity index (χ3v) is 39.3. The van der Waals surface area contributed by atoms with Crippen molar-refractivity contribution in [1.29, 1.82) is 0 Å². The molecule has 0 spiro atoms. The molecular formula is C129H83BN6O2S2Si. The van der Waals surface area contributed by atoms with Crippen molar-refractivity contribution in [2.24, 2.45) is 0 Å². The van der Waals surface area contributed by atoms with Crippen LogP contribution in [0.5, 0.6) is 0 Å². The molecule has 0 aliphatic carbocycles. The first kappa shape index (κ1) is 77.6. The van der Waals surface area contributed by atoms with Gasteiger partial charge in [-0.1, -0.05) is 346 Å². The van der Waals surface area contributed by atoms with Gasteiger partial charge >= 0.3 is 0 Å². The van der Waals surface area contributed by atoms with Crippen molar-refractivity contribution in [2.75, 3.05) is 36.4 Å². The summed E-state index contributed by atoms with van der Waals surface area (Å²) in [6.07, 6.45) is 0. The van der Waals surface area contributed by atoms with E-state index >= 15 is 0 Å². The molecule has 13 aliphatic rings. The minimum absolute atomic E-state index is 0.110. The lowest BCUT2D eigenvalue weighted by Crippen LogP contribution is -2.60. The average Bonchev–Trinajstić information content (AvgIpc) is 1.44. The number of nitrogens with zero attached hydrogens (tertiary/aromatic N) is 6. The molecule has 20 aromatic carbocycles. The van der Waals surface area contributed by atoms with Crippen LogP contribution in [0.2, 0.25) is 19.9 Å². The molecule has 0 saturated heterocycles. The second kappa shape index (κ2) is 28.0. The Labute approximate surface area is 823 Å². The van der Waals surface area contributed by atoms with Gasteiger partial charge in [-0.2, -0.15) is 0 Å². The second-order valence-corrected chi connectivity index (χ2v) is 46.9. The molecule has 13 aliphatic heterocycles. The van der Waals surface area contributed by atoms with Crippen molar-refractivity contribution in [3.05, 3.63) is 456 Å². The van der Waals surface area contributed by atoms with Crippen molar-refractivity contribution >= 4 is 211 Å². The third kappa shape index (κ3) is 9.89. The number of anilines is 12. The third-order valence-electron chi connectivity index (χ3n) is 33.6. The van der Waals surface area contributed by atoms with Crippen molar-refractivity contribution in [1.82, 2.24) is 0 Å². The van der Waals surface area contributed by atoms with Gasteiger partial charge in [0.1, 0.15) is 30.4 Å². The highest BCUT2D eigenvalue weighted by Gasteiger charge is 2.52. The lowest BCUT2D eigenvalue weighted by Gasteiger charge is -2.51. The van der Waals surface area contributed by atoms with E-state index in [4.69, 9.17) is 8.83 Å². The van der Waals surface area contributed by atoms with Crippen LogP contribution in [0, 0.1) is 0 Å². The Morgan fingerprint density at radius 2 is 0.454 bits per heavy atom. The second-order valence-electron chi connectivity index (χ2n) is 40.4. The summed E-state index contributed by atoms with van der Waals surface area (Å²) in [6, 6.07) is 149. The molecule has 0 fully saturated rings. The summed E-state index contributed by atoms with van der Waals surface area (Å²) < 4.78 is 18.0. The maximum Gasteiger partial charge on any atom is 0.211 e. The van der Waals surface area contributed by atoms with Crippen LogP contribution in [-0.2, 0) is 0 Å². The number of rotatable bonds is 0. The van der Waals surface area contributed by atoms with Gasteiger partial charge in [0.15, 0.2) is 0 Å². The zero-order valence-corrected chi connectivity index (χ0v) is 80.0. The monoisotopic (exact) mass is 1850 g/mol. The van der Waals surface area contributed by atoms with Gasteiger partial charge in [-0.15, -0.1) is 22.7 Å². The molecule has 0 atom stereocenters. The van der Waals surface area contributed by atoms with E-state index in [1.54, 1.807) is 10.4 Å². The standard InChI is InChI=1S/C27H21NSi.C26H18BN.C26H18N2.C25H13NO2.C25H13NS2/c1-29(2)23-15-7-13-21-17-9-3-5-11-19(17)25-20-12-6-4-10-18(20)22-14-8-16-24(29)27(22)28(25)26(21)23;2*1-27-22-14-6-12-20-16-8-2-4-10-18(16)24-19-11-5-3-9-17(19)21-13-7-15-23(27)26(21)28(24)25(20)22;2*1-5-13-21-17(9-1)27-19-11-3-7-15(23(19)21)26-16-8-4-12-20-24(16)22-14(25(13)26)6-2-10-18(22)28-20/h3-16,25H,1-2H3;2*2-15,24H,1H3;2*1-12,25H. The fourth-order valence-corrected chi connectivity index (χ4v) is 33.4. The molecular weight excluding hydrogens is 1770 g/mol. The molecule has 12 heteroatoms. The zero-order valence-electron chi connectivity index (χ0n) is 77.4. The van der Waals surface area contributed by atoms with E-state index in [0.29, 0.717) is 6.71 Å². The number of hydrogen-bond acceptors (Lipinski definition) is 10. The number of fused-ring (bicyclic) bond motifs is 28.